The number of hydrogen-bond acceptors (Lipinski definition) is 1. The van der Waals surface area contributed by atoms with E-state index in [0.717, 1.165) is 23.3 Å². The minimum Gasteiger partial charge on any atom is -0.303 e. The molecule has 0 heterocycles. The Balaban J connectivity index is 1.69. The minimum atomic E-state index is 0.799. The van der Waals surface area contributed by atoms with Gasteiger partial charge < -0.3 is 4.90 Å². The average Bonchev–Trinajstić information content (AvgIpc) is 2.33. The van der Waals surface area contributed by atoms with Gasteiger partial charge in [0.15, 0.2) is 0 Å². The van der Waals surface area contributed by atoms with Gasteiger partial charge in [0, 0.05) is 12.6 Å². The minimum absolute atomic E-state index is 0.799. The van der Waals surface area contributed by atoms with Gasteiger partial charge >= 0.3 is 0 Å². The fourth-order valence-corrected chi connectivity index (χ4v) is 4.65. The SMILES string of the molecule is CCCC[C@H]1CC2(CC[C@H](N(C)CC(C)C)CC2)C1. The zero-order chi connectivity index (χ0) is 13.9. The van der Waals surface area contributed by atoms with E-state index in [1.54, 1.807) is 12.8 Å². The molecule has 0 unspecified atom stereocenters. The van der Waals surface area contributed by atoms with Gasteiger partial charge in [-0.25, -0.2) is 0 Å². The van der Waals surface area contributed by atoms with Crippen LogP contribution in [0.15, 0.2) is 0 Å². The van der Waals surface area contributed by atoms with Gasteiger partial charge in [-0.15, -0.1) is 0 Å². The number of rotatable bonds is 6. The second-order valence-electron chi connectivity index (χ2n) is 7.98. The molecule has 2 aliphatic rings. The Hall–Kier alpha value is -0.0400. The Bertz CT molecular complexity index is 255. The van der Waals surface area contributed by atoms with Crippen LogP contribution in [0.4, 0.5) is 0 Å². The van der Waals surface area contributed by atoms with E-state index in [1.165, 1.54) is 51.5 Å². The van der Waals surface area contributed by atoms with Crippen LogP contribution in [0.2, 0.25) is 0 Å². The lowest BCUT2D eigenvalue weighted by Gasteiger charge is -2.53. The van der Waals surface area contributed by atoms with Gasteiger partial charge in [-0.2, -0.15) is 0 Å². The van der Waals surface area contributed by atoms with Crippen LogP contribution in [0.3, 0.4) is 0 Å². The summed E-state index contributed by atoms with van der Waals surface area (Å²) in [6, 6.07) is 0.878. The smallest absolute Gasteiger partial charge is 0.00927 e. The molecule has 2 fully saturated rings. The molecule has 112 valence electrons. The third-order valence-corrected chi connectivity index (χ3v) is 5.70. The maximum Gasteiger partial charge on any atom is 0.00927 e. The molecule has 2 saturated carbocycles. The van der Waals surface area contributed by atoms with Gasteiger partial charge in [0.2, 0.25) is 0 Å². The molecule has 0 amide bonds. The van der Waals surface area contributed by atoms with Crippen LogP contribution in [0, 0.1) is 17.3 Å². The highest BCUT2D eigenvalue weighted by Crippen LogP contribution is 2.56. The van der Waals surface area contributed by atoms with Gasteiger partial charge in [-0.05, 0) is 62.8 Å². The topological polar surface area (TPSA) is 3.24 Å². The lowest BCUT2D eigenvalue weighted by Crippen LogP contribution is -2.45. The zero-order valence-electron chi connectivity index (χ0n) is 13.8. The van der Waals surface area contributed by atoms with Crippen LogP contribution >= 0.6 is 0 Å². The second-order valence-corrected chi connectivity index (χ2v) is 7.98. The Morgan fingerprint density at radius 1 is 1.16 bits per heavy atom. The summed E-state index contributed by atoms with van der Waals surface area (Å²) in [4.78, 5) is 2.63. The number of nitrogens with zero attached hydrogens (tertiary/aromatic N) is 1. The summed E-state index contributed by atoms with van der Waals surface area (Å²) in [5, 5.41) is 0. The van der Waals surface area contributed by atoms with Crippen molar-refractivity contribution in [1.29, 1.82) is 0 Å². The second kappa shape index (κ2) is 6.61. The van der Waals surface area contributed by atoms with Crippen LogP contribution < -0.4 is 0 Å². The summed E-state index contributed by atoms with van der Waals surface area (Å²) in [6.45, 7) is 8.27. The molecule has 0 aromatic rings. The summed E-state index contributed by atoms with van der Waals surface area (Å²) in [7, 11) is 2.34. The standard InChI is InChI=1S/C18H35N/c1-5-6-7-16-12-18(13-16)10-8-17(9-11-18)19(4)14-15(2)3/h15-17H,5-14H2,1-4H3/t16-,17-,18?. The van der Waals surface area contributed by atoms with Crippen molar-refractivity contribution in [3.05, 3.63) is 0 Å². The van der Waals surface area contributed by atoms with E-state index in [1.807, 2.05) is 0 Å². The Morgan fingerprint density at radius 2 is 1.79 bits per heavy atom. The number of hydrogen-bond donors (Lipinski definition) is 0. The first kappa shape index (κ1) is 15.4. The van der Waals surface area contributed by atoms with Crippen LogP contribution in [0.1, 0.15) is 78.6 Å². The maximum atomic E-state index is 2.63. The average molecular weight is 265 g/mol. The lowest BCUT2D eigenvalue weighted by atomic mass is 9.54. The molecule has 0 radical (unpaired) electrons. The van der Waals surface area contributed by atoms with Crippen LogP contribution in [-0.2, 0) is 0 Å². The van der Waals surface area contributed by atoms with Gasteiger partial charge in [0.25, 0.3) is 0 Å². The Kier molecular flexibility index (Phi) is 5.34. The molecule has 1 heteroatoms. The van der Waals surface area contributed by atoms with E-state index >= 15 is 0 Å². The summed E-state index contributed by atoms with van der Waals surface area (Å²) in [5.74, 6) is 1.90. The fourth-order valence-electron chi connectivity index (χ4n) is 4.65. The van der Waals surface area contributed by atoms with Crippen molar-refractivity contribution in [2.24, 2.45) is 17.3 Å². The zero-order valence-corrected chi connectivity index (χ0v) is 13.8. The third kappa shape index (κ3) is 3.97. The van der Waals surface area contributed by atoms with Gasteiger partial charge in [-0.1, -0.05) is 40.0 Å². The summed E-state index contributed by atoms with van der Waals surface area (Å²) in [6.07, 6.45) is 13.4. The molecule has 2 rings (SSSR count). The van der Waals surface area contributed by atoms with Crippen molar-refractivity contribution in [2.45, 2.75) is 84.6 Å². The van der Waals surface area contributed by atoms with Crippen molar-refractivity contribution in [3.8, 4) is 0 Å². The van der Waals surface area contributed by atoms with E-state index in [2.05, 4.69) is 32.7 Å². The van der Waals surface area contributed by atoms with Crippen LogP contribution in [0.25, 0.3) is 0 Å². The first-order chi connectivity index (χ1) is 9.04. The first-order valence-corrected chi connectivity index (χ1v) is 8.75. The molecule has 0 bridgehead atoms. The molecule has 0 N–H and O–H groups in total. The predicted molar refractivity (Wildman–Crippen MR) is 84.4 cm³/mol. The predicted octanol–water partition coefficient (Wildman–Crippen LogP) is 5.10. The van der Waals surface area contributed by atoms with Crippen molar-refractivity contribution >= 4 is 0 Å². The molecule has 0 aromatic heterocycles. The highest BCUT2D eigenvalue weighted by atomic mass is 15.1. The van der Waals surface area contributed by atoms with E-state index in [4.69, 9.17) is 0 Å². The van der Waals surface area contributed by atoms with E-state index in [0.29, 0.717) is 0 Å². The first-order valence-electron chi connectivity index (χ1n) is 8.75. The molecule has 1 nitrogen and oxygen atoms in total. The third-order valence-electron chi connectivity index (χ3n) is 5.70. The summed E-state index contributed by atoms with van der Waals surface area (Å²) >= 11 is 0. The molecular formula is C18H35N. The lowest BCUT2D eigenvalue weighted by molar-refractivity contribution is -0.0138. The highest BCUT2D eigenvalue weighted by Gasteiger charge is 2.45. The summed E-state index contributed by atoms with van der Waals surface area (Å²) < 4.78 is 0. The largest absolute Gasteiger partial charge is 0.303 e. The quantitative estimate of drug-likeness (QED) is 0.645. The normalized spacial score (nSPS) is 35.1. The molecule has 0 saturated heterocycles. The monoisotopic (exact) mass is 265 g/mol. The maximum absolute atomic E-state index is 2.63. The Morgan fingerprint density at radius 3 is 2.32 bits per heavy atom. The highest BCUT2D eigenvalue weighted by molar-refractivity contribution is 4.97. The van der Waals surface area contributed by atoms with Crippen molar-refractivity contribution in [2.75, 3.05) is 13.6 Å². The fraction of sp³-hybridized carbons (Fsp3) is 1.00. The van der Waals surface area contributed by atoms with Crippen molar-refractivity contribution in [3.63, 3.8) is 0 Å². The van der Waals surface area contributed by atoms with Gasteiger partial charge in [0.05, 0.1) is 0 Å². The van der Waals surface area contributed by atoms with Crippen molar-refractivity contribution < 1.29 is 0 Å². The molecule has 0 aliphatic heterocycles. The van der Waals surface area contributed by atoms with E-state index in [-0.39, 0.29) is 0 Å². The van der Waals surface area contributed by atoms with Gasteiger partial charge in [0.1, 0.15) is 0 Å². The van der Waals surface area contributed by atoms with Crippen LogP contribution in [-0.4, -0.2) is 24.5 Å². The van der Waals surface area contributed by atoms with Crippen LogP contribution in [0.5, 0.6) is 0 Å². The van der Waals surface area contributed by atoms with Crippen molar-refractivity contribution in [1.82, 2.24) is 4.90 Å². The molecular weight excluding hydrogens is 230 g/mol. The Labute approximate surface area is 121 Å². The molecule has 1 spiro atoms. The molecule has 2 aliphatic carbocycles. The van der Waals surface area contributed by atoms with Gasteiger partial charge in [-0.3, -0.25) is 0 Å². The molecule has 0 atom stereocenters. The molecule has 19 heavy (non-hydrogen) atoms. The summed E-state index contributed by atoms with van der Waals surface area (Å²) in [5.41, 5.74) is 0.799. The van der Waals surface area contributed by atoms with E-state index < -0.39 is 0 Å². The number of unbranched alkanes of at least 4 members (excludes halogenated alkanes) is 1. The molecule has 0 aromatic carbocycles. The van der Waals surface area contributed by atoms with E-state index in [9.17, 15) is 0 Å².